The molecule has 0 fully saturated rings. The van der Waals surface area contributed by atoms with Crippen LogP contribution in [0.5, 0.6) is 0 Å². The predicted molar refractivity (Wildman–Crippen MR) is 43.1 cm³/mol. The summed E-state index contributed by atoms with van der Waals surface area (Å²) in [5.41, 5.74) is 0. The Hall–Kier alpha value is 0.250. The predicted octanol–water partition coefficient (Wildman–Crippen LogP) is 2.00. The van der Waals surface area contributed by atoms with Gasteiger partial charge in [0.1, 0.15) is 0 Å². The Bertz CT molecular complexity index is 50.9. The molecule has 1 nitrogen and oxygen atoms in total. The SMILES string of the molecule is CCNC(CC)CCCl. The summed E-state index contributed by atoms with van der Waals surface area (Å²) in [6.45, 7) is 5.35. The maximum absolute atomic E-state index is 5.57. The highest BCUT2D eigenvalue weighted by Crippen LogP contribution is 1.97. The van der Waals surface area contributed by atoms with E-state index in [2.05, 4.69) is 19.2 Å². The third-order valence-electron chi connectivity index (χ3n) is 1.44. The molecule has 0 rings (SSSR count). The first kappa shape index (κ1) is 9.25. The Morgan fingerprint density at radius 1 is 1.44 bits per heavy atom. The van der Waals surface area contributed by atoms with Crippen molar-refractivity contribution in [2.75, 3.05) is 12.4 Å². The minimum atomic E-state index is 0.632. The molecule has 9 heavy (non-hydrogen) atoms. The third-order valence-corrected chi connectivity index (χ3v) is 1.66. The Balaban J connectivity index is 3.18. The highest BCUT2D eigenvalue weighted by atomic mass is 35.5. The zero-order chi connectivity index (χ0) is 7.11. The first-order chi connectivity index (χ1) is 4.35. The van der Waals surface area contributed by atoms with Crippen LogP contribution in [0, 0.1) is 0 Å². The summed E-state index contributed by atoms with van der Waals surface area (Å²) in [6, 6.07) is 0.632. The lowest BCUT2D eigenvalue weighted by Crippen LogP contribution is -2.28. The van der Waals surface area contributed by atoms with E-state index in [0.717, 1.165) is 18.8 Å². The Kier molecular flexibility index (Phi) is 6.55. The highest BCUT2D eigenvalue weighted by Gasteiger charge is 2.00. The number of halogens is 1. The first-order valence-electron chi connectivity index (χ1n) is 3.64. The smallest absolute Gasteiger partial charge is 0.0238 e. The van der Waals surface area contributed by atoms with Gasteiger partial charge in [-0.05, 0) is 19.4 Å². The lowest BCUT2D eigenvalue weighted by molar-refractivity contribution is 0.501. The molecule has 1 unspecified atom stereocenters. The second-order valence-corrected chi connectivity index (χ2v) is 2.52. The van der Waals surface area contributed by atoms with Gasteiger partial charge in [0, 0.05) is 11.9 Å². The summed E-state index contributed by atoms with van der Waals surface area (Å²) in [6.07, 6.45) is 2.27. The Labute approximate surface area is 62.8 Å². The monoisotopic (exact) mass is 149 g/mol. The Morgan fingerprint density at radius 3 is 2.44 bits per heavy atom. The first-order valence-corrected chi connectivity index (χ1v) is 4.17. The van der Waals surface area contributed by atoms with Gasteiger partial charge in [0.25, 0.3) is 0 Å². The minimum absolute atomic E-state index is 0.632. The zero-order valence-electron chi connectivity index (χ0n) is 6.28. The third kappa shape index (κ3) is 4.73. The molecule has 0 amide bonds. The topological polar surface area (TPSA) is 12.0 Å². The quantitative estimate of drug-likeness (QED) is 0.590. The summed E-state index contributed by atoms with van der Waals surface area (Å²) < 4.78 is 0. The molecule has 0 aliphatic rings. The molecule has 0 aliphatic carbocycles. The summed E-state index contributed by atoms with van der Waals surface area (Å²) >= 11 is 5.57. The van der Waals surface area contributed by atoms with Gasteiger partial charge >= 0.3 is 0 Å². The van der Waals surface area contributed by atoms with Crippen LogP contribution in [0.4, 0.5) is 0 Å². The van der Waals surface area contributed by atoms with E-state index in [4.69, 9.17) is 11.6 Å². The lowest BCUT2D eigenvalue weighted by Gasteiger charge is -2.12. The van der Waals surface area contributed by atoms with E-state index in [1.165, 1.54) is 6.42 Å². The van der Waals surface area contributed by atoms with Gasteiger partial charge in [-0.15, -0.1) is 11.6 Å². The summed E-state index contributed by atoms with van der Waals surface area (Å²) in [7, 11) is 0. The molecule has 0 spiro atoms. The fourth-order valence-electron chi connectivity index (χ4n) is 0.871. The molecule has 0 bridgehead atoms. The van der Waals surface area contributed by atoms with E-state index < -0.39 is 0 Å². The maximum Gasteiger partial charge on any atom is 0.0238 e. The molecule has 1 atom stereocenters. The molecule has 0 heterocycles. The number of rotatable bonds is 5. The molecular weight excluding hydrogens is 134 g/mol. The molecule has 0 radical (unpaired) electrons. The van der Waals surface area contributed by atoms with Crippen molar-refractivity contribution in [1.82, 2.24) is 5.32 Å². The van der Waals surface area contributed by atoms with E-state index in [1.54, 1.807) is 0 Å². The van der Waals surface area contributed by atoms with Crippen LogP contribution >= 0.6 is 11.6 Å². The van der Waals surface area contributed by atoms with E-state index in [0.29, 0.717) is 6.04 Å². The minimum Gasteiger partial charge on any atom is -0.314 e. The van der Waals surface area contributed by atoms with Crippen molar-refractivity contribution >= 4 is 11.6 Å². The average Bonchev–Trinajstić information content (AvgIpc) is 1.88. The molecule has 0 aromatic carbocycles. The normalized spacial score (nSPS) is 13.7. The van der Waals surface area contributed by atoms with Crippen molar-refractivity contribution in [2.45, 2.75) is 32.7 Å². The van der Waals surface area contributed by atoms with Gasteiger partial charge in [0.15, 0.2) is 0 Å². The summed E-state index contributed by atoms with van der Waals surface area (Å²) in [4.78, 5) is 0. The van der Waals surface area contributed by atoms with Crippen LogP contribution in [-0.2, 0) is 0 Å². The van der Waals surface area contributed by atoms with E-state index in [9.17, 15) is 0 Å². The van der Waals surface area contributed by atoms with Crippen molar-refractivity contribution < 1.29 is 0 Å². The second kappa shape index (κ2) is 6.37. The lowest BCUT2D eigenvalue weighted by atomic mass is 10.2. The standard InChI is InChI=1S/C7H16ClN/c1-3-7(5-6-8)9-4-2/h7,9H,3-6H2,1-2H3. The van der Waals surface area contributed by atoms with Gasteiger partial charge in [-0.1, -0.05) is 13.8 Å². The second-order valence-electron chi connectivity index (χ2n) is 2.14. The molecule has 0 aromatic rings. The summed E-state index contributed by atoms with van der Waals surface area (Å²) in [5.74, 6) is 0.769. The molecule has 0 saturated carbocycles. The number of hydrogen-bond donors (Lipinski definition) is 1. The van der Waals surface area contributed by atoms with Crippen molar-refractivity contribution in [3.05, 3.63) is 0 Å². The van der Waals surface area contributed by atoms with E-state index in [1.807, 2.05) is 0 Å². The van der Waals surface area contributed by atoms with Crippen molar-refractivity contribution in [3.8, 4) is 0 Å². The average molecular weight is 150 g/mol. The van der Waals surface area contributed by atoms with Crippen LogP contribution in [0.15, 0.2) is 0 Å². The fraction of sp³-hybridized carbons (Fsp3) is 1.00. The van der Waals surface area contributed by atoms with Gasteiger partial charge in [0.2, 0.25) is 0 Å². The Morgan fingerprint density at radius 2 is 2.11 bits per heavy atom. The number of alkyl halides is 1. The van der Waals surface area contributed by atoms with Gasteiger partial charge in [-0.2, -0.15) is 0 Å². The van der Waals surface area contributed by atoms with Crippen LogP contribution < -0.4 is 5.32 Å². The molecule has 2 heteroatoms. The molecule has 1 N–H and O–H groups in total. The zero-order valence-corrected chi connectivity index (χ0v) is 7.04. The van der Waals surface area contributed by atoms with Gasteiger partial charge in [0.05, 0.1) is 0 Å². The largest absolute Gasteiger partial charge is 0.314 e. The molecule has 0 saturated heterocycles. The van der Waals surface area contributed by atoms with Crippen molar-refractivity contribution in [3.63, 3.8) is 0 Å². The van der Waals surface area contributed by atoms with Crippen LogP contribution in [0.3, 0.4) is 0 Å². The molecule has 0 aromatic heterocycles. The fourth-order valence-corrected chi connectivity index (χ4v) is 1.13. The van der Waals surface area contributed by atoms with Crippen molar-refractivity contribution in [2.24, 2.45) is 0 Å². The number of nitrogens with one attached hydrogen (secondary N) is 1. The van der Waals surface area contributed by atoms with Crippen molar-refractivity contribution in [1.29, 1.82) is 0 Å². The van der Waals surface area contributed by atoms with Crippen LogP contribution in [0.25, 0.3) is 0 Å². The van der Waals surface area contributed by atoms with Crippen LogP contribution in [0.1, 0.15) is 26.7 Å². The molecule has 0 aliphatic heterocycles. The van der Waals surface area contributed by atoms with Crippen LogP contribution in [-0.4, -0.2) is 18.5 Å². The maximum atomic E-state index is 5.57. The molecular formula is C7H16ClN. The summed E-state index contributed by atoms with van der Waals surface area (Å²) in [5, 5.41) is 3.35. The highest BCUT2D eigenvalue weighted by molar-refractivity contribution is 6.17. The van der Waals surface area contributed by atoms with Gasteiger partial charge in [-0.3, -0.25) is 0 Å². The van der Waals surface area contributed by atoms with Gasteiger partial charge in [-0.25, -0.2) is 0 Å². The van der Waals surface area contributed by atoms with Gasteiger partial charge < -0.3 is 5.32 Å². The van der Waals surface area contributed by atoms with Crippen LogP contribution in [0.2, 0.25) is 0 Å². The molecule has 56 valence electrons. The van der Waals surface area contributed by atoms with E-state index >= 15 is 0 Å². The van der Waals surface area contributed by atoms with E-state index in [-0.39, 0.29) is 0 Å². The number of hydrogen-bond acceptors (Lipinski definition) is 1.